The zero-order chi connectivity index (χ0) is 30.1. The van der Waals surface area contributed by atoms with Gasteiger partial charge in [0.05, 0.1) is 22.2 Å². The molecule has 5 heteroatoms. The Morgan fingerprint density at radius 1 is 0.750 bits per heavy atom. The molecule has 9 rings (SSSR count). The van der Waals surface area contributed by atoms with Gasteiger partial charge in [-0.2, -0.15) is 0 Å². The number of aromatic nitrogens is 4. The first-order valence-corrected chi connectivity index (χ1v) is 15.8. The number of nitrogens with zero attached hydrogens (tertiary/aromatic N) is 4. The van der Waals surface area contributed by atoms with Crippen LogP contribution in [0.5, 0.6) is 0 Å². The van der Waals surface area contributed by atoms with E-state index >= 15 is 0 Å². The van der Waals surface area contributed by atoms with Crippen molar-refractivity contribution in [3.05, 3.63) is 103 Å². The van der Waals surface area contributed by atoms with E-state index in [1.807, 2.05) is 0 Å². The Morgan fingerprint density at radius 3 is 2.27 bits per heavy atom. The van der Waals surface area contributed by atoms with Gasteiger partial charge in [0.15, 0.2) is 0 Å². The van der Waals surface area contributed by atoms with Gasteiger partial charge in [0.25, 0.3) is 6.71 Å². The second-order valence-electron chi connectivity index (χ2n) is 14.9. The van der Waals surface area contributed by atoms with Gasteiger partial charge in [-0.15, -0.1) is 0 Å². The first-order valence-electron chi connectivity index (χ1n) is 15.8. The summed E-state index contributed by atoms with van der Waals surface area (Å²) < 4.78 is 5.12. The molecule has 0 fully saturated rings. The van der Waals surface area contributed by atoms with Crippen LogP contribution in [0.2, 0.25) is 0 Å². The normalized spacial score (nSPS) is 13.7. The van der Waals surface area contributed by atoms with E-state index in [9.17, 15) is 0 Å². The maximum Gasteiger partial charge on any atom is 0.252 e. The van der Waals surface area contributed by atoms with Crippen molar-refractivity contribution >= 4 is 50.7 Å². The van der Waals surface area contributed by atoms with Crippen molar-refractivity contribution in [3.8, 4) is 28.1 Å². The Kier molecular flexibility index (Phi) is 4.99. The summed E-state index contributed by atoms with van der Waals surface area (Å²) in [6.45, 7) is 13.7. The minimum absolute atomic E-state index is 0.0991. The van der Waals surface area contributed by atoms with Gasteiger partial charge in [-0.05, 0) is 69.2 Å². The molecule has 0 saturated carbocycles. The molecule has 4 aromatic carbocycles. The van der Waals surface area contributed by atoms with Gasteiger partial charge in [0.1, 0.15) is 11.5 Å². The molecule has 7 aromatic rings. The van der Waals surface area contributed by atoms with Crippen LogP contribution in [0.1, 0.15) is 52.9 Å². The molecule has 0 aliphatic carbocycles. The van der Waals surface area contributed by atoms with Gasteiger partial charge in [0.2, 0.25) is 0 Å². The Bertz CT molecular complexity index is 2330. The molecule has 4 nitrogen and oxygen atoms in total. The number of benzene rings is 4. The molecule has 2 aliphatic rings. The number of imidazole rings is 1. The van der Waals surface area contributed by atoms with Crippen LogP contribution in [0.15, 0.2) is 91.1 Å². The van der Waals surface area contributed by atoms with Crippen molar-refractivity contribution in [1.29, 1.82) is 0 Å². The molecule has 44 heavy (non-hydrogen) atoms. The Balaban J connectivity index is 1.48. The second-order valence-corrected chi connectivity index (χ2v) is 14.9. The summed E-state index contributed by atoms with van der Waals surface area (Å²) in [4.78, 5) is 10.3. The van der Waals surface area contributed by atoms with E-state index in [-0.39, 0.29) is 17.5 Å². The van der Waals surface area contributed by atoms with Gasteiger partial charge in [-0.1, -0.05) is 102 Å². The molecule has 0 spiro atoms. The summed E-state index contributed by atoms with van der Waals surface area (Å²) in [5.74, 6) is 0.888. The molecule has 0 amide bonds. The highest BCUT2D eigenvalue weighted by Gasteiger charge is 2.44. The van der Waals surface area contributed by atoms with Crippen molar-refractivity contribution in [3.63, 3.8) is 0 Å². The molecule has 0 unspecified atom stereocenters. The third-order valence-electron chi connectivity index (χ3n) is 9.54. The second kappa shape index (κ2) is 8.50. The molecule has 5 heterocycles. The number of hydrogen-bond acceptors (Lipinski definition) is 2. The summed E-state index contributed by atoms with van der Waals surface area (Å²) in [5, 5.41) is 1.34. The summed E-state index contributed by atoms with van der Waals surface area (Å²) >= 11 is 0. The van der Waals surface area contributed by atoms with Crippen molar-refractivity contribution in [1.82, 2.24) is 18.9 Å². The van der Waals surface area contributed by atoms with Gasteiger partial charge >= 0.3 is 0 Å². The van der Waals surface area contributed by atoms with Gasteiger partial charge < -0.3 is 0 Å². The largest absolute Gasteiger partial charge is 0.295 e. The Morgan fingerprint density at radius 2 is 1.50 bits per heavy atom. The van der Waals surface area contributed by atoms with Crippen LogP contribution in [0.4, 0.5) is 0 Å². The van der Waals surface area contributed by atoms with Crippen LogP contribution < -0.4 is 16.4 Å². The smallest absolute Gasteiger partial charge is 0.252 e. The summed E-state index contributed by atoms with van der Waals surface area (Å²) in [6, 6.07) is 31.4. The van der Waals surface area contributed by atoms with Crippen LogP contribution in [-0.2, 0) is 11.8 Å². The number of fused-ring (bicyclic) bond motifs is 10. The molecule has 0 radical (unpaired) electrons. The lowest BCUT2D eigenvalue weighted by molar-refractivity contribution is 0.413. The third-order valence-corrected chi connectivity index (χ3v) is 9.54. The van der Waals surface area contributed by atoms with Crippen LogP contribution in [-0.4, -0.2) is 25.6 Å². The van der Waals surface area contributed by atoms with E-state index in [0.29, 0.717) is 0 Å². The fraction of sp³-hybridized carbons (Fsp3) is 0.231. The van der Waals surface area contributed by atoms with Gasteiger partial charge in [-0.25, -0.2) is 9.97 Å². The van der Waals surface area contributed by atoms with Crippen LogP contribution >= 0.6 is 0 Å². The van der Waals surface area contributed by atoms with Crippen molar-refractivity contribution in [2.75, 3.05) is 0 Å². The van der Waals surface area contributed by atoms with Crippen LogP contribution in [0.3, 0.4) is 0 Å². The summed E-state index contributed by atoms with van der Waals surface area (Å²) in [5.41, 5.74) is 16.4. The monoisotopic (exact) mass is 570 g/mol. The topological polar surface area (TPSA) is 35.1 Å². The maximum absolute atomic E-state index is 5.32. The van der Waals surface area contributed by atoms with E-state index in [1.165, 1.54) is 71.9 Å². The Hall–Kier alpha value is -4.64. The lowest BCUT2D eigenvalue weighted by Crippen LogP contribution is -2.53. The zero-order valence-corrected chi connectivity index (χ0v) is 26.2. The molecule has 0 saturated heterocycles. The maximum atomic E-state index is 5.32. The predicted octanol–water partition coefficient (Wildman–Crippen LogP) is 7.19. The SMILES string of the molecule is CC(C)(C)Cc1c2ccccc2n2c3cccc4c3n(c12)-c1cc(-c2ccccc2)cc2c1B4c1cnc(C(C)(C)C)nc1-2. The number of hydrogen-bond donors (Lipinski definition) is 0. The average molecular weight is 571 g/mol. The molecule has 3 aromatic heterocycles. The van der Waals surface area contributed by atoms with Crippen LogP contribution in [0, 0.1) is 5.41 Å². The molecular weight excluding hydrogens is 535 g/mol. The lowest BCUT2D eigenvalue weighted by atomic mass is 9.38. The van der Waals surface area contributed by atoms with Gasteiger partial charge in [0, 0.05) is 28.2 Å². The molecule has 0 bridgehead atoms. The van der Waals surface area contributed by atoms with Crippen LogP contribution in [0.25, 0.3) is 55.7 Å². The van der Waals surface area contributed by atoms with Crippen molar-refractivity contribution in [2.24, 2.45) is 5.41 Å². The number of rotatable bonds is 2. The average Bonchev–Trinajstić information content (AvgIpc) is 3.62. The number of para-hydroxylation sites is 2. The summed E-state index contributed by atoms with van der Waals surface area (Å²) in [7, 11) is 0. The standard InChI is InChI=1S/C39H35BN4/c1-38(2,3)21-27-25-15-10-11-17-30(25)43-31-18-12-16-28-35(31)44(36(27)43)32-20-24(23-13-8-7-9-14-23)19-26-33(32)40(28)29-22-41-37(39(4,5)6)42-34(26)29/h7-20,22H,21H2,1-6H3. The summed E-state index contributed by atoms with van der Waals surface area (Å²) in [6.07, 6.45) is 3.10. The predicted molar refractivity (Wildman–Crippen MR) is 185 cm³/mol. The first kappa shape index (κ1) is 25.8. The van der Waals surface area contributed by atoms with E-state index in [0.717, 1.165) is 17.9 Å². The van der Waals surface area contributed by atoms with Gasteiger partial charge in [-0.3, -0.25) is 8.97 Å². The van der Waals surface area contributed by atoms with E-state index in [1.54, 1.807) is 0 Å². The lowest BCUT2D eigenvalue weighted by Gasteiger charge is -2.25. The zero-order valence-electron chi connectivity index (χ0n) is 26.2. The fourth-order valence-corrected chi connectivity index (χ4v) is 7.80. The molecular formula is C39H35BN4. The third kappa shape index (κ3) is 3.41. The molecule has 214 valence electrons. The van der Waals surface area contributed by atoms with Crippen molar-refractivity contribution < 1.29 is 0 Å². The first-order chi connectivity index (χ1) is 21.1. The quantitative estimate of drug-likeness (QED) is 0.206. The van der Waals surface area contributed by atoms with Crippen molar-refractivity contribution in [2.45, 2.75) is 53.4 Å². The highest BCUT2D eigenvalue weighted by Crippen LogP contribution is 2.41. The fourth-order valence-electron chi connectivity index (χ4n) is 7.80. The Labute approximate surface area is 258 Å². The van der Waals surface area contributed by atoms with E-state index in [2.05, 4.69) is 142 Å². The highest BCUT2D eigenvalue weighted by atomic mass is 15.1. The molecule has 0 atom stereocenters. The minimum atomic E-state index is -0.140. The molecule has 0 N–H and O–H groups in total. The molecule has 2 aliphatic heterocycles. The van der Waals surface area contributed by atoms with E-state index in [4.69, 9.17) is 9.97 Å². The van der Waals surface area contributed by atoms with E-state index < -0.39 is 0 Å². The minimum Gasteiger partial charge on any atom is -0.295 e. The highest BCUT2D eigenvalue weighted by molar-refractivity contribution is 7.01.